The Bertz CT molecular complexity index is 504. The number of aliphatic carboxylic acids is 1. The van der Waals surface area contributed by atoms with E-state index in [0.717, 1.165) is 0 Å². The molecule has 2 fully saturated rings. The maximum absolute atomic E-state index is 11.3. The number of amides is 1. The number of carboxylic acids is 1. The molecule has 1 amide bonds. The van der Waals surface area contributed by atoms with Crippen LogP contribution in [0.15, 0.2) is 28.6 Å². The fourth-order valence-electron chi connectivity index (χ4n) is 2.04. The van der Waals surface area contributed by atoms with Gasteiger partial charge in [0.2, 0.25) is 5.91 Å². The number of hydrogen-bond acceptors (Lipinski definition) is 4. The van der Waals surface area contributed by atoms with Crippen molar-refractivity contribution in [2.24, 2.45) is 0 Å². The largest absolute Gasteiger partial charge is 0.479 e. The van der Waals surface area contributed by atoms with Gasteiger partial charge in [0.05, 0.1) is 12.7 Å². The number of β-lactam (4-membered cyclic amide) rings is 1. The van der Waals surface area contributed by atoms with Gasteiger partial charge in [-0.2, -0.15) is 0 Å². The van der Waals surface area contributed by atoms with Crippen molar-refractivity contribution < 1.29 is 23.8 Å². The van der Waals surface area contributed by atoms with E-state index in [-0.39, 0.29) is 18.1 Å². The van der Waals surface area contributed by atoms with Crippen LogP contribution in [0, 0.1) is 0 Å². The predicted molar refractivity (Wildman–Crippen MR) is 54.4 cm³/mol. The normalized spacial score (nSPS) is 28.8. The second-order valence-electron chi connectivity index (χ2n) is 3.88. The summed E-state index contributed by atoms with van der Waals surface area (Å²) in [6.45, 7) is 0. The van der Waals surface area contributed by atoms with Crippen molar-refractivity contribution in [1.29, 1.82) is 0 Å². The quantitative estimate of drug-likeness (QED) is 0.762. The second kappa shape index (κ2) is 3.38. The standard InChI is InChI=1S/C11H9NO5/c13-8-5-9-12(8)10(11(14)15)7(17-9)4-6-2-1-3-16-6/h1-4,9-10H,5H2,(H,14,15)/b7-4-. The van der Waals surface area contributed by atoms with E-state index >= 15 is 0 Å². The summed E-state index contributed by atoms with van der Waals surface area (Å²) in [5.41, 5.74) is 0. The van der Waals surface area contributed by atoms with Gasteiger partial charge in [-0.05, 0) is 12.1 Å². The van der Waals surface area contributed by atoms with Crippen LogP contribution in [0.4, 0.5) is 0 Å². The minimum atomic E-state index is -1.10. The maximum Gasteiger partial charge on any atom is 0.334 e. The van der Waals surface area contributed by atoms with E-state index in [2.05, 4.69) is 0 Å². The summed E-state index contributed by atoms with van der Waals surface area (Å²) in [6, 6.07) is 2.34. The highest BCUT2D eigenvalue weighted by Gasteiger charge is 2.53. The molecule has 0 aromatic carbocycles. The summed E-state index contributed by atoms with van der Waals surface area (Å²) in [5.74, 6) is -0.562. The van der Waals surface area contributed by atoms with Crippen molar-refractivity contribution in [3.05, 3.63) is 29.9 Å². The third-order valence-corrected chi connectivity index (χ3v) is 2.83. The number of ether oxygens (including phenoxy) is 1. The van der Waals surface area contributed by atoms with Gasteiger partial charge >= 0.3 is 5.97 Å². The van der Waals surface area contributed by atoms with Crippen LogP contribution < -0.4 is 0 Å². The Morgan fingerprint density at radius 3 is 3.00 bits per heavy atom. The van der Waals surface area contributed by atoms with Crippen LogP contribution in [0.3, 0.4) is 0 Å². The Balaban J connectivity index is 1.95. The lowest BCUT2D eigenvalue weighted by atomic mass is 10.1. The molecule has 88 valence electrons. The Labute approximate surface area is 96.1 Å². The summed E-state index contributed by atoms with van der Waals surface area (Å²) in [4.78, 5) is 23.7. The zero-order chi connectivity index (χ0) is 12.0. The SMILES string of the molecule is O=C(O)C1/C(=C/c2ccco2)OC2CC(=O)N21. The monoisotopic (exact) mass is 235 g/mol. The zero-order valence-electron chi connectivity index (χ0n) is 8.70. The number of fused-ring (bicyclic) bond motifs is 1. The van der Waals surface area contributed by atoms with Crippen LogP contribution in [0.1, 0.15) is 12.2 Å². The summed E-state index contributed by atoms with van der Waals surface area (Å²) in [6.07, 6.45) is 2.78. The maximum atomic E-state index is 11.3. The van der Waals surface area contributed by atoms with Crippen molar-refractivity contribution in [2.45, 2.75) is 18.7 Å². The molecule has 0 radical (unpaired) electrons. The topological polar surface area (TPSA) is 80.0 Å². The first-order valence-corrected chi connectivity index (χ1v) is 5.12. The molecular formula is C11H9NO5. The van der Waals surface area contributed by atoms with Gasteiger partial charge in [0.1, 0.15) is 11.5 Å². The lowest BCUT2D eigenvalue weighted by molar-refractivity contribution is -0.163. The average molecular weight is 235 g/mol. The van der Waals surface area contributed by atoms with Gasteiger partial charge in [0.25, 0.3) is 0 Å². The highest BCUT2D eigenvalue weighted by molar-refractivity contribution is 5.91. The van der Waals surface area contributed by atoms with Gasteiger partial charge < -0.3 is 14.3 Å². The lowest BCUT2D eigenvalue weighted by Crippen LogP contribution is -2.54. The molecule has 3 rings (SSSR count). The Kier molecular flexibility index (Phi) is 1.98. The van der Waals surface area contributed by atoms with Crippen LogP contribution in [-0.4, -0.2) is 34.2 Å². The highest BCUT2D eigenvalue weighted by atomic mass is 16.5. The first-order chi connectivity index (χ1) is 8.16. The zero-order valence-corrected chi connectivity index (χ0v) is 8.70. The molecule has 2 saturated heterocycles. The smallest absolute Gasteiger partial charge is 0.334 e. The third-order valence-electron chi connectivity index (χ3n) is 2.83. The van der Waals surface area contributed by atoms with Gasteiger partial charge in [-0.25, -0.2) is 4.79 Å². The number of carboxylic acid groups (broad SMARTS) is 1. The Morgan fingerprint density at radius 1 is 1.59 bits per heavy atom. The van der Waals surface area contributed by atoms with Crippen LogP contribution in [0.5, 0.6) is 0 Å². The van der Waals surface area contributed by atoms with Gasteiger partial charge in [0, 0.05) is 6.08 Å². The molecule has 6 heteroatoms. The molecule has 2 unspecified atom stereocenters. The molecule has 1 N–H and O–H groups in total. The molecule has 1 aromatic heterocycles. The van der Waals surface area contributed by atoms with E-state index in [9.17, 15) is 9.59 Å². The van der Waals surface area contributed by atoms with Gasteiger partial charge in [0.15, 0.2) is 12.3 Å². The summed E-state index contributed by atoms with van der Waals surface area (Å²) >= 11 is 0. The van der Waals surface area contributed by atoms with Crippen LogP contribution >= 0.6 is 0 Å². The molecule has 0 aliphatic carbocycles. The molecule has 2 atom stereocenters. The van der Waals surface area contributed by atoms with Crippen LogP contribution in [0.25, 0.3) is 6.08 Å². The van der Waals surface area contributed by atoms with Crippen molar-refractivity contribution in [1.82, 2.24) is 4.90 Å². The van der Waals surface area contributed by atoms with Crippen molar-refractivity contribution in [3.63, 3.8) is 0 Å². The molecule has 6 nitrogen and oxygen atoms in total. The molecule has 17 heavy (non-hydrogen) atoms. The van der Waals surface area contributed by atoms with Gasteiger partial charge in [-0.3, -0.25) is 9.69 Å². The molecule has 2 aliphatic rings. The van der Waals surface area contributed by atoms with E-state index in [1.54, 1.807) is 12.1 Å². The minimum Gasteiger partial charge on any atom is -0.479 e. The fourth-order valence-corrected chi connectivity index (χ4v) is 2.04. The molecular weight excluding hydrogens is 226 g/mol. The molecule has 2 aliphatic heterocycles. The van der Waals surface area contributed by atoms with Crippen LogP contribution in [-0.2, 0) is 14.3 Å². The molecule has 3 heterocycles. The highest BCUT2D eigenvalue weighted by Crippen LogP contribution is 2.37. The average Bonchev–Trinajstić information content (AvgIpc) is 2.84. The number of furan rings is 1. The van der Waals surface area contributed by atoms with E-state index < -0.39 is 18.2 Å². The van der Waals surface area contributed by atoms with E-state index in [0.29, 0.717) is 5.76 Å². The van der Waals surface area contributed by atoms with E-state index in [4.69, 9.17) is 14.3 Å². The number of hydrogen-bond donors (Lipinski definition) is 1. The predicted octanol–water partition coefficient (Wildman–Crippen LogP) is 0.662. The summed E-state index contributed by atoms with van der Waals surface area (Å²) in [5, 5.41) is 9.11. The third kappa shape index (κ3) is 1.41. The van der Waals surface area contributed by atoms with Gasteiger partial charge in [-0.15, -0.1) is 0 Å². The molecule has 0 saturated carbocycles. The number of carbonyl (C=O) groups is 2. The first kappa shape index (κ1) is 9.95. The summed E-state index contributed by atoms with van der Waals surface area (Å²) in [7, 11) is 0. The first-order valence-electron chi connectivity index (χ1n) is 5.12. The lowest BCUT2D eigenvalue weighted by Gasteiger charge is -2.33. The van der Waals surface area contributed by atoms with Crippen molar-refractivity contribution in [2.75, 3.05) is 0 Å². The minimum absolute atomic E-state index is 0.203. The number of rotatable bonds is 2. The summed E-state index contributed by atoms with van der Waals surface area (Å²) < 4.78 is 10.5. The molecule has 0 bridgehead atoms. The number of carbonyl (C=O) groups excluding carboxylic acids is 1. The fraction of sp³-hybridized carbons (Fsp3) is 0.273. The number of nitrogens with zero attached hydrogens (tertiary/aromatic N) is 1. The van der Waals surface area contributed by atoms with E-state index in [1.165, 1.54) is 17.2 Å². The van der Waals surface area contributed by atoms with Crippen LogP contribution in [0.2, 0.25) is 0 Å². The van der Waals surface area contributed by atoms with Crippen molar-refractivity contribution in [3.8, 4) is 0 Å². The molecule has 1 aromatic rings. The van der Waals surface area contributed by atoms with Gasteiger partial charge in [-0.1, -0.05) is 0 Å². The second-order valence-corrected chi connectivity index (χ2v) is 3.88. The molecule has 0 spiro atoms. The van der Waals surface area contributed by atoms with Crippen molar-refractivity contribution >= 4 is 18.0 Å². The van der Waals surface area contributed by atoms with E-state index in [1.807, 2.05) is 0 Å². The Morgan fingerprint density at radius 2 is 2.41 bits per heavy atom. The Hall–Kier alpha value is -2.24.